The number of carbonyl (C=O) groups excluding carboxylic acids is 1. The second-order valence-corrected chi connectivity index (χ2v) is 8.81. The van der Waals surface area contributed by atoms with Crippen LogP contribution in [0.2, 0.25) is 0 Å². The molecule has 1 fully saturated rings. The number of piperidine rings is 1. The monoisotopic (exact) mass is 452 g/mol. The highest BCUT2D eigenvalue weighted by Gasteiger charge is 2.25. The average Bonchev–Trinajstić information content (AvgIpc) is 2.70. The first kappa shape index (κ1) is 19.8. The molecule has 0 spiro atoms. The molecule has 3 aromatic rings. The summed E-state index contributed by atoms with van der Waals surface area (Å²) in [6, 6.07) is 10.0. The maximum Gasteiger partial charge on any atom is 0.257 e. The van der Waals surface area contributed by atoms with E-state index in [1.54, 1.807) is 6.20 Å². The molecule has 0 aliphatic carbocycles. The summed E-state index contributed by atoms with van der Waals surface area (Å²) in [6.07, 6.45) is 3.89. The molecule has 4 rings (SSSR count). The van der Waals surface area contributed by atoms with E-state index in [0.717, 1.165) is 52.0 Å². The lowest BCUT2D eigenvalue weighted by Gasteiger charge is -2.31. The van der Waals surface area contributed by atoms with Crippen molar-refractivity contribution in [1.29, 1.82) is 0 Å². The second kappa shape index (κ2) is 8.11. The lowest BCUT2D eigenvalue weighted by Crippen LogP contribution is -2.39. The van der Waals surface area contributed by atoms with Gasteiger partial charge in [0.15, 0.2) is 5.65 Å². The summed E-state index contributed by atoms with van der Waals surface area (Å²) < 4.78 is 1.05. The number of fused-ring (bicyclic) bond motifs is 1. The largest absolute Gasteiger partial charge is 0.354 e. The SMILES string of the molecule is Cc1ccc2c(Nc3ccc(Br)c(C)c3)c(C(=O)N3CCC[C@H](C)C3)cnc2n1. The van der Waals surface area contributed by atoms with Crippen molar-refractivity contribution in [1.82, 2.24) is 14.9 Å². The molecule has 29 heavy (non-hydrogen) atoms. The molecule has 1 atom stereocenters. The number of anilines is 2. The molecule has 1 amide bonds. The van der Waals surface area contributed by atoms with Crippen molar-refractivity contribution in [3.05, 3.63) is 57.8 Å². The van der Waals surface area contributed by atoms with Crippen molar-refractivity contribution in [2.45, 2.75) is 33.6 Å². The molecule has 1 aliphatic rings. The third-order valence-corrected chi connectivity index (χ3v) is 6.36. The number of likely N-dealkylation sites (tertiary alicyclic amines) is 1. The summed E-state index contributed by atoms with van der Waals surface area (Å²) in [4.78, 5) is 24.4. The van der Waals surface area contributed by atoms with Crippen LogP contribution in [0.15, 0.2) is 41.0 Å². The molecule has 1 aliphatic heterocycles. The van der Waals surface area contributed by atoms with Crippen molar-refractivity contribution < 1.29 is 4.79 Å². The van der Waals surface area contributed by atoms with Crippen LogP contribution >= 0.6 is 15.9 Å². The van der Waals surface area contributed by atoms with E-state index >= 15 is 0 Å². The zero-order chi connectivity index (χ0) is 20.5. The van der Waals surface area contributed by atoms with Crippen molar-refractivity contribution >= 4 is 44.2 Å². The molecule has 2 aromatic heterocycles. The van der Waals surface area contributed by atoms with Gasteiger partial charge in [0.1, 0.15) is 0 Å². The van der Waals surface area contributed by atoms with Gasteiger partial charge in [0.05, 0.1) is 11.3 Å². The van der Waals surface area contributed by atoms with E-state index in [9.17, 15) is 4.79 Å². The Labute approximate surface area is 179 Å². The maximum atomic E-state index is 13.4. The minimum absolute atomic E-state index is 0.0304. The highest BCUT2D eigenvalue weighted by molar-refractivity contribution is 9.10. The van der Waals surface area contributed by atoms with Crippen LogP contribution in [0.5, 0.6) is 0 Å². The summed E-state index contributed by atoms with van der Waals surface area (Å²) in [6.45, 7) is 7.78. The Hall–Kier alpha value is -2.47. The number of hydrogen-bond donors (Lipinski definition) is 1. The van der Waals surface area contributed by atoms with Crippen LogP contribution in [0.4, 0.5) is 11.4 Å². The van der Waals surface area contributed by atoms with Crippen molar-refractivity contribution in [2.24, 2.45) is 5.92 Å². The zero-order valence-corrected chi connectivity index (χ0v) is 18.6. The van der Waals surface area contributed by atoms with Crippen LogP contribution in [0.3, 0.4) is 0 Å². The van der Waals surface area contributed by atoms with Gasteiger partial charge in [0, 0.05) is 40.5 Å². The van der Waals surface area contributed by atoms with Crippen molar-refractivity contribution in [3.8, 4) is 0 Å². The Kier molecular flexibility index (Phi) is 5.54. The van der Waals surface area contributed by atoms with Gasteiger partial charge >= 0.3 is 0 Å². The number of amides is 1. The van der Waals surface area contributed by atoms with E-state index in [1.807, 2.05) is 43.0 Å². The van der Waals surface area contributed by atoms with E-state index < -0.39 is 0 Å². The van der Waals surface area contributed by atoms with E-state index in [-0.39, 0.29) is 5.91 Å². The van der Waals surface area contributed by atoms with E-state index in [1.165, 1.54) is 6.42 Å². The van der Waals surface area contributed by atoms with Gasteiger partial charge < -0.3 is 10.2 Å². The molecule has 1 aromatic carbocycles. The number of halogens is 1. The van der Waals surface area contributed by atoms with Crippen molar-refractivity contribution in [2.75, 3.05) is 18.4 Å². The molecule has 1 N–H and O–H groups in total. The first-order valence-corrected chi connectivity index (χ1v) is 10.8. The minimum Gasteiger partial charge on any atom is -0.354 e. The fourth-order valence-electron chi connectivity index (χ4n) is 3.88. The summed E-state index contributed by atoms with van der Waals surface area (Å²) in [5.41, 5.74) is 4.97. The molecule has 5 nitrogen and oxygen atoms in total. The third-order valence-electron chi connectivity index (χ3n) is 5.47. The Morgan fingerprint density at radius 2 is 2.07 bits per heavy atom. The number of benzene rings is 1. The van der Waals surface area contributed by atoms with Crippen LogP contribution < -0.4 is 5.32 Å². The summed E-state index contributed by atoms with van der Waals surface area (Å²) in [5, 5.41) is 4.34. The van der Waals surface area contributed by atoms with Crippen LogP contribution in [0.25, 0.3) is 11.0 Å². The molecule has 0 bridgehead atoms. The average molecular weight is 453 g/mol. The summed E-state index contributed by atoms with van der Waals surface area (Å²) >= 11 is 3.55. The topological polar surface area (TPSA) is 58.1 Å². The fourth-order valence-corrected chi connectivity index (χ4v) is 4.13. The molecule has 6 heteroatoms. The highest BCUT2D eigenvalue weighted by Crippen LogP contribution is 2.31. The van der Waals surface area contributed by atoms with Crippen LogP contribution in [0, 0.1) is 19.8 Å². The standard InChI is InChI=1S/C23H25BrN4O/c1-14-5-4-10-28(13-14)23(29)19-12-25-22-18(8-6-16(3)26-22)21(19)27-17-7-9-20(24)15(2)11-17/h6-9,11-12,14H,4-5,10,13H2,1-3H3,(H,25,26,27)/t14-/m0/s1. The second-order valence-electron chi connectivity index (χ2n) is 7.96. The van der Waals surface area contributed by atoms with Crippen LogP contribution in [-0.4, -0.2) is 33.9 Å². The Morgan fingerprint density at radius 1 is 1.24 bits per heavy atom. The molecule has 0 radical (unpaired) electrons. The quantitative estimate of drug-likeness (QED) is 0.559. The predicted octanol–water partition coefficient (Wildman–Crippen LogP) is 5.62. The van der Waals surface area contributed by atoms with Gasteiger partial charge in [-0.25, -0.2) is 9.97 Å². The number of nitrogens with one attached hydrogen (secondary N) is 1. The predicted molar refractivity (Wildman–Crippen MR) is 121 cm³/mol. The highest BCUT2D eigenvalue weighted by atomic mass is 79.9. The Morgan fingerprint density at radius 3 is 2.83 bits per heavy atom. The van der Waals surface area contributed by atoms with Crippen LogP contribution in [-0.2, 0) is 0 Å². The number of hydrogen-bond acceptors (Lipinski definition) is 4. The number of aromatic nitrogens is 2. The zero-order valence-electron chi connectivity index (χ0n) is 17.0. The van der Waals surface area contributed by atoms with E-state index in [0.29, 0.717) is 17.1 Å². The molecule has 0 saturated carbocycles. The number of rotatable bonds is 3. The molecule has 0 unspecified atom stereocenters. The Balaban J connectivity index is 1.80. The summed E-state index contributed by atoms with van der Waals surface area (Å²) in [7, 11) is 0. The molecule has 150 valence electrons. The number of nitrogens with zero attached hydrogens (tertiary/aromatic N) is 3. The van der Waals surface area contributed by atoms with Gasteiger partial charge in [-0.1, -0.05) is 22.9 Å². The lowest BCUT2D eigenvalue weighted by molar-refractivity contribution is 0.0684. The fraction of sp³-hybridized carbons (Fsp3) is 0.348. The van der Waals surface area contributed by atoms with Gasteiger partial charge in [-0.15, -0.1) is 0 Å². The summed E-state index contributed by atoms with van der Waals surface area (Å²) in [5.74, 6) is 0.554. The Bertz CT molecular complexity index is 1080. The van der Waals surface area contributed by atoms with Gasteiger partial charge in [0.25, 0.3) is 5.91 Å². The number of pyridine rings is 2. The normalized spacial score (nSPS) is 16.8. The van der Waals surface area contributed by atoms with Crippen molar-refractivity contribution in [3.63, 3.8) is 0 Å². The number of carbonyl (C=O) groups is 1. The van der Waals surface area contributed by atoms with E-state index in [2.05, 4.69) is 44.2 Å². The van der Waals surface area contributed by atoms with Crippen LogP contribution in [0.1, 0.15) is 41.4 Å². The van der Waals surface area contributed by atoms with Gasteiger partial charge in [-0.3, -0.25) is 4.79 Å². The minimum atomic E-state index is 0.0304. The lowest BCUT2D eigenvalue weighted by atomic mass is 9.99. The number of aryl methyl sites for hydroxylation is 2. The van der Waals surface area contributed by atoms with E-state index in [4.69, 9.17) is 0 Å². The molecule has 1 saturated heterocycles. The third kappa shape index (κ3) is 4.13. The van der Waals surface area contributed by atoms with Gasteiger partial charge in [0.2, 0.25) is 0 Å². The first-order chi connectivity index (χ1) is 13.9. The molecular weight excluding hydrogens is 428 g/mol. The van der Waals surface area contributed by atoms with Gasteiger partial charge in [-0.05, 0) is 68.5 Å². The molecule has 3 heterocycles. The smallest absolute Gasteiger partial charge is 0.257 e. The molecular formula is C23H25BrN4O. The maximum absolute atomic E-state index is 13.4. The first-order valence-electron chi connectivity index (χ1n) is 10.0. The van der Waals surface area contributed by atoms with Gasteiger partial charge in [-0.2, -0.15) is 0 Å².